The van der Waals surface area contributed by atoms with Crippen LogP contribution in [0.1, 0.15) is 63.7 Å². The maximum absolute atomic E-state index is 13.8. The van der Waals surface area contributed by atoms with Gasteiger partial charge in [-0.2, -0.15) is 0 Å². The Hall–Kier alpha value is -4.61. The summed E-state index contributed by atoms with van der Waals surface area (Å²) >= 11 is 1.47. The molecule has 5 heteroatoms. The standard InChI is InChI=1S/C37H31NO3S/c1-37(2,3)25-17-15-24(16-18-25)23-41-27-19-21-28(22-20-27)42-32-14-8-12-30-34(32)36(40)29-11-7-13-31(33(29)35(30)39)38-26-9-5-4-6-10-26/h4-22,38H,23H2,1-3H3. The van der Waals surface area contributed by atoms with Crippen LogP contribution in [0.2, 0.25) is 0 Å². The number of carbonyl (C=O) groups is 2. The fourth-order valence-electron chi connectivity index (χ4n) is 5.07. The quantitative estimate of drug-likeness (QED) is 0.208. The zero-order chi connectivity index (χ0) is 29.3. The third kappa shape index (κ3) is 5.61. The molecule has 0 atom stereocenters. The fraction of sp³-hybridized carbons (Fsp3) is 0.135. The Morgan fingerprint density at radius 3 is 2.00 bits per heavy atom. The van der Waals surface area contributed by atoms with E-state index < -0.39 is 0 Å². The number of rotatable bonds is 7. The highest BCUT2D eigenvalue weighted by Crippen LogP contribution is 2.40. The highest BCUT2D eigenvalue weighted by atomic mass is 32.2. The van der Waals surface area contributed by atoms with Crippen LogP contribution in [0.25, 0.3) is 0 Å². The van der Waals surface area contributed by atoms with Crippen molar-refractivity contribution in [1.82, 2.24) is 0 Å². The minimum Gasteiger partial charge on any atom is -0.489 e. The van der Waals surface area contributed by atoms with Crippen LogP contribution in [0.4, 0.5) is 11.4 Å². The number of ether oxygens (including phenoxy) is 1. The average Bonchev–Trinajstić information content (AvgIpc) is 3.00. The number of ketones is 2. The van der Waals surface area contributed by atoms with Crippen LogP contribution in [0.5, 0.6) is 5.75 Å². The van der Waals surface area contributed by atoms with Gasteiger partial charge in [0.05, 0.1) is 11.3 Å². The van der Waals surface area contributed by atoms with Crippen molar-refractivity contribution in [3.8, 4) is 5.75 Å². The second-order valence-electron chi connectivity index (χ2n) is 11.4. The number of fused-ring (bicyclic) bond motifs is 2. The van der Waals surface area contributed by atoms with Crippen LogP contribution in [0, 0.1) is 0 Å². The molecule has 208 valence electrons. The highest BCUT2D eigenvalue weighted by Gasteiger charge is 2.33. The predicted molar refractivity (Wildman–Crippen MR) is 170 cm³/mol. The molecule has 0 heterocycles. The van der Waals surface area contributed by atoms with Crippen molar-refractivity contribution in [3.63, 3.8) is 0 Å². The van der Waals surface area contributed by atoms with Crippen LogP contribution >= 0.6 is 11.8 Å². The molecule has 0 spiro atoms. The molecule has 4 nitrogen and oxygen atoms in total. The molecule has 1 aliphatic carbocycles. The van der Waals surface area contributed by atoms with Crippen molar-refractivity contribution < 1.29 is 14.3 Å². The van der Waals surface area contributed by atoms with E-state index in [9.17, 15) is 9.59 Å². The van der Waals surface area contributed by atoms with E-state index in [4.69, 9.17) is 4.74 Å². The summed E-state index contributed by atoms with van der Waals surface area (Å²) in [6.07, 6.45) is 0. The van der Waals surface area contributed by atoms with Crippen LogP contribution in [0.15, 0.2) is 125 Å². The number of anilines is 2. The lowest BCUT2D eigenvalue weighted by Crippen LogP contribution is -2.23. The lowest BCUT2D eigenvalue weighted by Gasteiger charge is -2.22. The van der Waals surface area contributed by atoms with Gasteiger partial charge in [-0.05, 0) is 65.1 Å². The first kappa shape index (κ1) is 27.6. The summed E-state index contributed by atoms with van der Waals surface area (Å²) in [5.74, 6) is 0.477. The van der Waals surface area contributed by atoms with Crippen molar-refractivity contribution in [3.05, 3.63) is 149 Å². The van der Waals surface area contributed by atoms with E-state index in [1.807, 2.05) is 78.9 Å². The lowest BCUT2D eigenvalue weighted by molar-refractivity contribution is 0.0977. The monoisotopic (exact) mass is 569 g/mol. The van der Waals surface area contributed by atoms with Crippen molar-refractivity contribution in [2.75, 3.05) is 5.32 Å². The van der Waals surface area contributed by atoms with E-state index in [2.05, 4.69) is 50.4 Å². The Bertz CT molecular complexity index is 1770. The maximum atomic E-state index is 13.8. The predicted octanol–water partition coefficient (Wildman–Crippen LogP) is 9.23. The molecule has 0 saturated heterocycles. The summed E-state index contributed by atoms with van der Waals surface area (Å²) in [7, 11) is 0. The van der Waals surface area contributed by atoms with E-state index in [0.29, 0.717) is 34.5 Å². The van der Waals surface area contributed by atoms with E-state index >= 15 is 0 Å². The average molecular weight is 570 g/mol. The van der Waals surface area contributed by atoms with Gasteiger partial charge in [0, 0.05) is 32.2 Å². The zero-order valence-electron chi connectivity index (χ0n) is 23.8. The Morgan fingerprint density at radius 1 is 0.667 bits per heavy atom. The summed E-state index contributed by atoms with van der Waals surface area (Å²) in [5.41, 5.74) is 5.72. The first-order chi connectivity index (χ1) is 20.3. The van der Waals surface area contributed by atoms with E-state index in [1.165, 1.54) is 17.3 Å². The Morgan fingerprint density at radius 2 is 1.31 bits per heavy atom. The first-order valence-electron chi connectivity index (χ1n) is 14.0. The molecule has 0 saturated carbocycles. The third-order valence-corrected chi connectivity index (χ3v) is 8.43. The Kier molecular flexibility index (Phi) is 7.44. The minimum atomic E-state index is -0.152. The second kappa shape index (κ2) is 11.3. The molecule has 0 aliphatic heterocycles. The molecule has 5 aromatic carbocycles. The Balaban J connectivity index is 1.19. The van der Waals surface area contributed by atoms with Crippen LogP contribution in [-0.4, -0.2) is 11.6 Å². The molecule has 0 unspecified atom stereocenters. The van der Waals surface area contributed by atoms with Crippen molar-refractivity contribution in [1.29, 1.82) is 0 Å². The molecule has 6 rings (SSSR count). The molecule has 42 heavy (non-hydrogen) atoms. The van der Waals surface area contributed by atoms with Gasteiger partial charge in [-0.25, -0.2) is 0 Å². The van der Waals surface area contributed by atoms with Gasteiger partial charge in [0.25, 0.3) is 0 Å². The van der Waals surface area contributed by atoms with Crippen molar-refractivity contribution >= 4 is 34.7 Å². The maximum Gasteiger partial charge on any atom is 0.196 e. The lowest BCUT2D eigenvalue weighted by atomic mass is 9.83. The summed E-state index contributed by atoms with van der Waals surface area (Å²) < 4.78 is 6.02. The topological polar surface area (TPSA) is 55.4 Å². The smallest absolute Gasteiger partial charge is 0.196 e. The normalized spacial score (nSPS) is 12.5. The minimum absolute atomic E-state index is 0.120. The van der Waals surface area contributed by atoms with Gasteiger partial charge in [0.1, 0.15) is 12.4 Å². The second-order valence-corrected chi connectivity index (χ2v) is 12.5. The van der Waals surface area contributed by atoms with Crippen LogP contribution in [-0.2, 0) is 12.0 Å². The molecule has 1 aliphatic rings. The van der Waals surface area contributed by atoms with E-state index in [-0.39, 0.29) is 17.0 Å². The van der Waals surface area contributed by atoms with Crippen LogP contribution in [0.3, 0.4) is 0 Å². The number of hydrogen-bond donors (Lipinski definition) is 1. The van der Waals surface area contributed by atoms with Gasteiger partial charge in [0.2, 0.25) is 0 Å². The van der Waals surface area contributed by atoms with Crippen molar-refractivity contribution in [2.45, 2.75) is 42.6 Å². The third-order valence-electron chi connectivity index (χ3n) is 7.36. The largest absolute Gasteiger partial charge is 0.489 e. The Labute approximate surface area is 250 Å². The van der Waals surface area contributed by atoms with Gasteiger partial charge in [0.15, 0.2) is 11.6 Å². The first-order valence-corrected chi connectivity index (χ1v) is 14.8. The molecule has 5 aromatic rings. The number of hydrogen-bond acceptors (Lipinski definition) is 5. The van der Waals surface area contributed by atoms with Crippen LogP contribution < -0.4 is 10.1 Å². The van der Waals surface area contributed by atoms with E-state index in [0.717, 1.165) is 26.8 Å². The summed E-state index contributed by atoms with van der Waals surface area (Å²) in [6, 6.07) is 36.9. The van der Waals surface area contributed by atoms with Crippen molar-refractivity contribution in [2.24, 2.45) is 0 Å². The molecule has 0 fully saturated rings. The molecule has 0 amide bonds. The summed E-state index contributed by atoms with van der Waals surface area (Å²) in [4.78, 5) is 29.3. The molecule has 1 N–H and O–H groups in total. The van der Waals surface area contributed by atoms with Gasteiger partial charge in [-0.15, -0.1) is 0 Å². The number of benzene rings is 5. The zero-order valence-corrected chi connectivity index (χ0v) is 24.6. The van der Waals surface area contributed by atoms with Gasteiger partial charge >= 0.3 is 0 Å². The molecule has 0 radical (unpaired) electrons. The van der Waals surface area contributed by atoms with E-state index in [1.54, 1.807) is 12.1 Å². The molecular weight excluding hydrogens is 538 g/mol. The molecular formula is C37H31NO3S. The number of para-hydroxylation sites is 1. The van der Waals surface area contributed by atoms with Gasteiger partial charge in [-0.3, -0.25) is 9.59 Å². The summed E-state index contributed by atoms with van der Waals surface area (Å²) in [6.45, 7) is 7.10. The molecule has 0 bridgehead atoms. The number of carbonyl (C=O) groups excluding carboxylic acids is 2. The highest BCUT2D eigenvalue weighted by molar-refractivity contribution is 7.99. The fourth-order valence-corrected chi connectivity index (χ4v) is 6.05. The summed E-state index contributed by atoms with van der Waals surface area (Å²) in [5, 5.41) is 3.31. The molecule has 0 aromatic heterocycles. The SMILES string of the molecule is CC(C)(C)c1ccc(COc2ccc(Sc3cccc4c3C(=O)c3cccc(Nc5ccccc5)c3C4=O)cc2)cc1. The van der Waals surface area contributed by atoms with Gasteiger partial charge < -0.3 is 10.1 Å². The number of nitrogens with one attached hydrogen (secondary N) is 1. The van der Waals surface area contributed by atoms with Gasteiger partial charge in [-0.1, -0.05) is 99.3 Å².